The first kappa shape index (κ1) is 18.7. The second-order valence-electron chi connectivity index (χ2n) is 5.65. The number of anilines is 1. The molecule has 1 amide bonds. The zero-order chi connectivity index (χ0) is 18.4. The van der Waals surface area contributed by atoms with Crippen LogP contribution in [0, 0.1) is 0 Å². The number of thioether (sulfide) groups is 1. The molecule has 3 aromatic rings. The molecule has 0 saturated heterocycles. The molecule has 1 N–H and O–H groups in total. The third-order valence-corrected chi connectivity index (χ3v) is 5.22. The van der Waals surface area contributed by atoms with Gasteiger partial charge < -0.3 is 9.88 Å². The van der Waals surface area contributed by atoms with Crippen LogP contribution in [0.4, 0.5) is 5.69 Å². The fourth-order valence-electron chi connectivity index (χ4n) is 2.55. The van der Waals surface area contributed by atoms with Crippen molar-refractivity contribution in [1.29, 1.82) is 0 Å². The van der Waals surface area contributed by atoms with E-state index in [4.69, 9.17) is 0 Å². The Morgan fingerprint density at radius 1 is 1.15 bits per heavy atom. The number of aromatic nitrogens is 3. The Bertz CT molecular complexity index is 882. The van der Waals surface area contributed by atoms with Gasteiger partial charge in [-0.15, -0.1) is 10.2 Å². The number of hydrogen-bond acceptors (Lipinski definition) is 4. The summed E-state index contributed by atoms with van der Waals surface area (Å²) in [7, 11) is 0. The Balaban J connectivity index is 1.62. The molecule has 0 saturated carbocycles. The van der Waals surface area contributed by atoms with Crippen molar-refractivity contribution in [3.05, 3.63) is 70.5 Å². The van der Waals surface area contributed by atoms with Crippen LogP contribution in [0.5, 0.6) is 0 Å². The number of nitrogens with zero attached hydrogens (tertiary/aromatic N) is 3. The van der Waals surface area contributed by atoms with E-state index in [0.29, 0.717) is 0 Å². The molecule has 134 valence electrons. The number of hydrogen-bond donors (Lipinski definition) is 1. The summed E-state index contributed by atoms with van der Waals surface area (Å²) < 4.78 is 2.99. The molecular weight excluding hydrogens is 412 g/mol. The van der Waals surface area contributed by atoms with E-state index in [1.165, 1.54) is 17.3 Å². The van der Waals surface area contributed by atoms with Gasteiger partial charge in [-0.3, -0.25) is 4.79 Å². The smallest absolute Gasteiger partial charge is 0.234 e. The van der Waals surface area contributed by atoms with Crippen LogP contribution < -0.4 is 5.32 Å². The van der Waals surface area contributed by atoms with Crippen LogP contribution in [0.2, 0.25) is 0 Å². The van der Waals surface area contributed by atoms with Crippen molar-refractivity contribution < 1.29 is 4.79 Å². The standard InChI is InChI=1S/C19H19BrN4OS/c1-2-24-17(11-14-7-4-3-5-8-14)22-23-19(24)26-13-18(25)21-16-10-6-9-15(20)12-16/h3-10,12H,2,11,13H2,1H3,(H,21,25). The van der Waals surface area contributed by atoms with E-state index in [1.54, 1.807) is 0 Å². The van der Waals surface area contributed by atoms with E-state index in [1.807, 2.05) is 42.5 Å². The first-order valence-corrected chi connectivity index (χ1v) is 10.1. The molecule has 0 bridgehead atoms. The second kappa shape index (κ2) is 9.00. The summed E-state index contributed by atoms with van der Waals surface area (Å²) in [4.78, 5) is 12.2. The molecule has 26 heavy (non-hydrogen) atoms. The molecule has 0 aliphatic carbocycles. The molecule has 5 nitrogen and oxygen atoms in total. The zero-order valence-electron chi connectivity index (χ0n) is 14.4. The van der Waals surface area contributed by atoms with Crippen molar-refractivity contribution in [1.82, 2.24) is 14.8 Å². The van der Waals surface area contributed by atoms with Crippen LogP contribution in [-0.4, -0.2) is 26.4 Å². The minimum Gasteiger partial charge on any atom is -0.325 e. The van der Waals surface area contributed by atoms with Crippen LogP contribution >= 0.6 is 27.7 Å². The van der Waals surface area contributed by atoms with Gasteiger partial charge in [-0.1, -0.05) is 64.1 Å². The van der Waals surface area contributed by atoms with E-state index in [-0.39, 0.29) is 11.7 Å². The van der Waals surface area contributed by atoms with E-state index in [9.17, 15) is 4.79 Å². The molecule has 1 aromatic heterocycles. The third kappa shape index (κ3) is 4.95. The van der Waals surface area contributed by atoms with Crippen molar-refractivity contribution in [2.75, 3.05) is 11.1 Å². The minimum atomic E-state index is -0.0663. The van der Waals surface area contributed by atoms with Crippen molar-refractivity contribution in [3.63, 3.8) is 0 Å². The molecular formula is C19H19BrN4OS. The number of rotatable bonds is 7. The van der Waals surface area contributed by atoms with Gasteiger partial charge in [-0.25, -0.2) is 0 Å². The maximum absolute atomic E-state index is 12.2. The highest BCUT2D eigenvalue weighted by Gasteiger charge is 2.13. The van der Waals surface area contributed by atoms with E-state index >= 15 is 0 Å². The van der Waals surface area contributed by atoms with Gasteiger partial charge in [0.1, 0.15) is 5.82 Å². The quantitative estimate of drug-likeness (QED) is 0.564. The molecule has 0 aliphatic rings. The van der Waals surface area contributed by atoms with Crippen LogP contribution in [-0.2, 0) is 17.8 Å². The highest BCUT2D eigenvalue weighted by Crippen LogP contribution is 2.20. The molecule has 2 aromatic carbocycles. The lowest BCUT2D eigenvalue weighted by Crippen LogP contribution is -2.14. The molecule has 0 aliphatic heterocycles. The summed E-state index contributed by atoms with van der Waals surface area (Å²) in [6, 6.07) is 17.7. The lowest BCUT2D eigenvalue weighted by molar-refractivity contribution is -0.113. The van der Waals surface area contributed by atoms with E-state index in [2.05, 4.69) is 55.1 Å². The van der Waals surface area contributed by atoms with Gasteiger partial charge in [0, 0.05) is 23.1 Å². The predicted octanol–water partition coefficient (Wildman–Crippen LogP) is 4.38. The van der Waals surface area contributed by atoms with E-state index in [0.717, 1.165) is 34.1 Å². The Hall–Kier alpha value is -2.12. The average molecular weight is 431 g/mol. The maximum Gasteiger partial charge on any atom is 0.234 e. The van der Waals surface area contributed by atoms with Gasteiger partial charge in [0.2, 0.25) is 5.91 Å². The van der Waals surface area contributed by atoms with Gasteiger partial charge in [0.15, 0.2) is 5.16 Å². The Morgan fingerprint density at radius 2 is 1.96 bits per heavy atom. The fourth-order valence-corrected chi connectivity index (χ4v) is 3.77. The predicted molar refractivity (Wildman–Crippen MR) is 108 cm³/mol. The lowest BCUT2D eigenvalue weighted by Gasteiger charge is -2.08. The SMILES string of the molecule is CCn1c(Cc2ccccc2)nnc1SCC(=O)Nc1cccc(Br)c1. The number of nitrogens with one attached hydrogen (secondary N) is 1. The number of halogens is 1. The molecule has 1 heterocycles. The van der Waals surface area contributed by atoms with Crippen molar-refractivity contribution in [2.24, 2.45) is 0 Å². The summed E-state index contributed by atoms with van der Waals surface area (Å²) in [5.41, 5.74) is 1.96. The maximum atomic E-state index is 12.2. The van der Waals surface area contributed by atoms with Crippen LogP contribution in [0.3, 0.4) is 0 Å². The lowest BCUT2D eigenvalue weighted by atomic mass is 10.1. The Labute approximate surface area is 165 Å². The topological polar surface area (TPSA) is 59.8 Å². The Morgan fingerprint density at radius 3 is 2.69 bits per heavy atom. The molecule has 0 spiro atoms. The largest absolute Gasteiger partial charge is 0.325 e. The molecule has 0 atom stereocenters. The summed E-state index contributed by atoms with van der Waals surface area (Å²) in [6.45, 7) is 2.83. The fraction of sp³-hybridized carbons (Fsp3) is 0.211. The highest BCUT2D eigenvalue weighted by molar-refractivity contribution is 9.10. The molecule has 7 heteroatoms. The monoisotopic (exact) mass is 430 g/mol. The average Bonchev–Trinajstić information content (AvgIpc) is 3.02. The summed E-state index contributed by atoms with van der Waals surface area (Å²) in [6.07, 6.45) is 0.729. The van der Waals surface area contributed by atoms with Crippen LogP contribution in [0.25, 0.3) is 0 Å². The van der Waals surface area contributed by atoms with Gasteiger partial charge in [-0.2, -0.15) is 0 Å². The molecule has 3 rings (SSSR count). The van der Waals surface area contributed by atoms with Gasteiger partial charge in [-0.05, 0) is 30.7 Å². The van der Waals surface area contributed by atoms with Crippen molar-refractivity contribution in [2.45, 2.75) is 25.0 Å². The van der Waals surface area contributed by atoms with Crippen LogP contribution in [0.1, 0.15) is 18.3 Å². The summed E-state index contributed by atoms with van der Waals surface area (Å²) >= 11 is 4.80. The number of carbonyl (C=O) groups excluding carboxylic acids is 1. The second-order valence-corrected chi connectivity index (χ2v) is 7.51. The molecule has 0 radical (unpaired) electrons. The summed E-state index contributed by atoms with van der Waals surface area (Å²) in [5, 5.41) is 12.2. The number of carbonyl (C=O) groups is 1. The molecule has 0 unspecified atom stereocenters. The van der Waals surface area contributed by atoms with Crippen molar-refractivity contribution >= 4 is 39.3 Å². The summed E-state index contributed by atoms with van der Waals surface area (Å²) in [5.74, 6) is 1.13. The number of benzene rings is 2. The van der Waals surface area contributed by atoms with Gasteiger partial charge >= 0.3 is 0 Å². The highest BCUT2D eigenvalue weighted by atomic mass is 79.9. The Kier molecular flexibility index (Phi) is 6.46. The van der Waals surface area contributed by atoms with Gasteiger partial charge in [0.05, 0.1) is 5.75 Å². The minimum absolute atomic E-state index is 0.0663. The van der Waals surface area contributed by atoms with Crippen LogP contribution in [0.15, 0.2) is 64.2 Å². The third-order valence-electron chi connectivity index (χ3n) is 3.76. The number of amides is 1. The van der Waals surface area contributed by atoms with Crippen molar-refractivity contribution in [3.8, 4) is 0 Å². The first-order chi connectivity index (χ1) is 12.7. The normalized spacial score (nSPS) is 10.7. The van der Waals surface area contributed by atoms with E-state index < -0.39 is 0 Å². The first-order valence-electron chi connectivity index (χ1n) is 8.30. The zero-order valence-corrected chi connectivity index (χ0v) is 16.8. The van der Waals surface area contributed by atoms with Gasteiger partial charge in [0.25, 0.3) is 0 Å². The molecule has 0 fully saturated rings.